The quantitative estimate of drug-likeness (QED) is 0.889. The number of nitrogens with zero attached hydrogens (tertiary/aromatic N) is 2. The maximum atomic E-state index is 6.13. The van der Waals surface area contributed by atoms with Gasteiger partial charge in [0.15, 0.2) is 0 Å². The van der Waals surface area contributed by atoms with Gasteiger partial charge in [0.05, 0.1) is 5.02 Å². The predicted molar refractivity (Wildman–Crippen MR) is 81.8 cm³/mol. The molecule has 0 radical (unpaired) electrons. The Balaban J connectivity index is 2.24. The molecular formula is C15H18ClN3O. The van der Waals surface area contributed by atoms with Crippen molar-refractivity contribution in [3.8, 4) is 11.6 Å². The summed E-state index contributed by atoms with van der Waals surface area (Å²) < 4.78 is 5.77. The van der Waals surface area contributed by atoms with Gasteiger partial charge in [-0.2, -0.15) is 4.98 Å². The second kappa shape index (κ2) is 6.57. The molecule has 1 heterocycles. The van der Waals surface area contributed by atoms with E-state index in [1.54, 1.807) is 6.07 Å². The molecule has 0 atom stereocenters. The first kappa shape index (κ1) is 14.6. The number of ether oxygens (including phenoxy) is 1. The number of anilines is 1. The maximum Gasteiger partial charge on any atom is 0.224 e. The van der Waals surface area contributed by atoms with Crippen LogP contribution in [0, 0.1) is 13.8 Å². The van der Waals surface area contributed by atoms with Crippen molar-refractivity contribution < 1.29 is 4.74 Å². The Morgan fingerprint density at radius 3 is 2.75 bits per heavy atom. The molecule has 4 nitrogen and oxygen atoms in total. The van der Waals surface area contributed by atoms with Crippen LogP contribution in [-0.2, 0) is 0 Å². The van der Waals surface area contributed by atoms with Crippen molar-refractivity contribution in [1.29, 1.82) is 0 Å². The maximum absolute atomic E-state index is 6.13. The Morgan fingerprint density at radius 2 is 2.00 bits per heavy atom. The van der Waals surface area contributed by atoms with Crippen molar-refractivity contribution in [2.24, 2.45) is 0 Å². The van der Waals surface area contributed by atoms with Crippen LogP contribution in [0.1, 0.15) is 24.7 Å². The highest BCUT2D eigenvalue weighted by Crippen LogP contribution is 2.30. The van der Waals surface area contributed by atoms with E-state index in [0.717, 1.165) is 24.3 Å². The van der Waals surface area contributed by atoms with E-state index in [0.29, 0.717) is 22.5 Å². The van der Waals surface area contributed by atoms with Gasteiger partial charge in [0.25, 0.3) is 0 Å². The summed E-state index contributed by atoms with van der Waals surface area (Å²) in [4.78, 5) is 8.59. The summed E-state index contributed by atoms with van der Waals surface area (Å²) in [5.41, 5.74) is 1.08. The molecule has 0 aliphatic heterocycles. The third kappa shape index (κ3) is 3.84. The average Bonchev–Trinajstić information content (AvgIpc) is 2.40. The van der Waals surface area contributed by atoms with Crippen molar-refractivity contribution in [3.05, 3.63) is 40.7 Å². The Hall–Kier alpha value is -1.81. The smallest absolute Gasteiger partial charge is 0.224 e. The zero-order valence-corrected chi connectivity index (χ0v) is 12.7. The molecular weight excluding hydrogens is 274 g/mol. The molecule has 0 amide bonds. The minimum atomic E-state index is 0.489. The van der Waals surface area contributed by atoms with Crippen molar-refractivity contribution in [2.75, 3.05) is 11.9 Å². The van der Waals surface area contributed by atoms with E-state index in [1.165, 1.54) is 0 Å². The molecule has 0 fully saturated rings. The molecule has 2 rings (SSSR count). The summed E-state index contributed by atoms with van der Waals surface area (Å²) >= 11 is 6.13. The summed E-state index contributed by atoms with van der Waals surface area (Å²) in [6.07, 6.45) is 1.03. The molecule has 1 aromatic heterocycles. The second-order valence-corrected chi connectivity index (χ2v) is 5.01. The topological polar surface area (TPSA) is 47.0 Å². The van der Waals surface area contributed by atoms with E-state index in [1.807, 2.05) is 32.0 Å². The van der Waals surface area contributed by atoms with Crippen LogP contribution in [0.5, 0.6) is 11.6 Å². The normalized spacial score (nSPS) is 10.4. The van der Waals surface area contributed by atoms with Crippen LogP contribution in [0.2, 0.25) is 5.02 Å². The summed E-state index contributed by atoms with van der Waals surface area (Å²) in [7, 11) is 0. The molecule has 0 unspecified atom stereocenters. The molecule has 0 aliphatic carbocycles. The lowest BCUT2D eigenvalue weighted by atomic mass is 10.2. The van der Waals surface area contributed by atoms with Gasteiger partial charge in [-0.25, -0.2) is 4.98 Å². The number of aryl methyl sites for hydroxylation is 2. The molecule has 0 saturated heterocycles. The van der Waals surface area contributed by atoms with E-state index >= 15 is 0 Å². The van der Waals surface area contributed by atoms with E-state index in [4.69, 9.17) is 16.3 Å². The highest BCUT2D eigenvalue weighted by atomic mass is 35.5. The second-order valence-electron chi connectivity index (χ2n) is 4.60. The first-order valence-electron chi connectivity index (χ1n) is 6.62. The van der Waals surface area contributed by atoms with Crippen molar-refractivity contribution in [1.82, 2.24) is 9.97 Å². The fraction of sp³-hybridized carbons (Fsp3) is 0.333. The van der Waals surface area contributed by atoms with Crippen molar-refractivity contribution in [3.63, 3.8) is 0 Å². The van der Waals surface area contributed by atoms with Gasteiger partial charge in [-0.05, 0) is 38.0 Å². The number of aromatic nitrogens is 2. The van der Waals surface area contributed by atoms with Crippen LogP contribution in [0.25, 0.3) is 0 Å². The summed E-state index contributed by atoms with van der Waals surface area (Å²) in [5.74, 6) is 2.51. The predicted octanol–water partition coefficient (Wildman–Crippen LogP) is 4.36. The lowest BCUT2D eigenvalue weighted by molar-refractivity contribution is 0.460. The number of halogens is 1. The minimum Gasteiger partial charge on any atom is -0.437 e. The average molecular weight is 292 g/mol. The molecule has 106 valence electrons. The van der Waals surface area contributed by atoms with Crippen molar-refractivity contribution in [2.45, 2.75) is 27.2 Å². The van der Waals surface area contributed by atoms with Gasteiger partial charge in [0.1, 0.15) is 17.4 Å². The molecule has 20 heavy (non-hydrogen) atoms. The van der Waals surface area contributed by atoms with E-state index in [-0.39, 0.29) is 0 Å². The monoisotopic (exact) mass is 291 g/mol. The zero-order chi connectivity index (χ0) is 14.5. The molecule has 0 aliphatic rings. The minimum absolute atomic E-state index is 0.489. The summed E-state index contributed by atoms with van der Waals surface area (Å²) in [5, 5.41) is 3.79. The Labute approximate surface area is 124 Å². The molecule has 5 heteroatoms. The first-order valence-corrected chi connectivity index (χ1v) is 7.00. The summed E-state index contributed by atoms with van der Waals surface area (Å²) in [6, 6.07) is 7.42. The van der Waals surface area contributed by atoms with Gasteiger partial charge in [-0.1, -0.05) is 24.6 Å². The standard InChI is InChI=1S/C15H18ClN3O/c1-4-7-17-14-9-15(19-11(3)18-14)20-13-8-10(2)5-6-12(13)16/h5-6,8-9H,4,7H2,1-3H3,(H,17,18,19). The van der Waals surface area contributed by atoms with Crippen LogP contribution in [0.4, 0.5) is 5.82 Å². The third-order valence-corrected chi connectivity index (χ3v) is 2.98. The van der Waals surface area contributed by atoms with Crippen LogP contribution in [0.3, 0.4) is 0 Å². The highest BCUT2D eigenvalue weighted by Gasteiger charge is 2.07. The molecule has 1 aromatic carbocycles. The lowest BCUT2D eigenvalue weighted by Gasteiger charge is -2.10. The van der Waals surface area contributed by atoms with E-state index in [9.17, 15) is 0 Å². The SMILES string of the molecule is CCCNc1cc(Oc2cc(C)ccc2Cl)nc(C)n1. The summed E-state index contributed by atoms with van der Waals surface area (Å²) in [6.45, 7) is 6.79. The van der Waals surface area contributed by atoms with Gasteiger partial charge in [-0.15, -0.1) is 0 Å². The number of benzene rings is 1. The van der Waals surface area contributed by atoms with Crippen LogP contribution in [-0.4, -0.2) is 16.5 Å². The zero-order valence-electron chi connectivity index (χ0n) is 11.9. The highest BCUT2D eigenvalue weighted by molar-refractivity contribution is 6.32. The fourth-order valence-corrected chi connectivity index (χ4v) is 1.89. The molecule has 2 aromatic rings. The van der Waals surface area contributed by atoms with E-state index < -0.39 is 0 Å². The van der Waals surface area contributed by atoms with Crippen LogP contribution in [0.15, 0.2) is 24.3 Å². The number of hydrogen-bond donors (Lipinski definition) is 1. The fourth-order valence-electron chi connectivity index (χ4n) is 1.74. The molecule has 0 spiro atoms. The Bertz CT molecular complexity index is 602. The Kier molecular flexibility index (Phi) is 4.79. The molecule has 0 bridgehead atoms. The number of nitrogens with one attached hydrogen (secondary N) is 1. The third-order valence-electron chi connectivity index (χ3n) is 2.67. The van der Waals surface area contributed by atoms with Gasteiger partial charge in [-0.3, -0.25) is 0 Å². The van der Waals surface area contributed by atoms with Crippen LogP contribution < -0.4 is 10.1 Å². The van der Waals surface area contributed by atoms with Gasteiger partial charge >= 0.3 is 0 Å². The Morgan fingerprint density at radius 1 is 1.20 bits per heavy atom. The number of rotatable bonds is 5. The first-order chi connectivity index (χ1) is 9.58. The van der Waals surface area contributed by atoms with Crippen LogP contribution >= 0.6 is 11.6 Å². The largest absolute Gasteiger partial charge is 0.437 e. The van der Waals surface area contributed by atoms with E-state index in [2.05, 4.69) is 22.2 Å². The van der Waals surface area contributed by atoms with Gasteiger partial charge < -0.3 is 10.1 Å². The van der Waals surface area contributed by atoms with Gasteiger partial charge in [0.2, 0.25) is 5.88 Å². The lowest BCUT2D eigenvalue weighted by Crippen LogP contribution is -2.04. The van der Waals surface area contributed by atoms with Crippen molar-refractivity contribution >= 4 is 17.4 Å². The molecule has 0 saturated carbocycles. The molecule has 1 N–H and O–H groups in total. The number of hydrogen-bond acceptors (Lipinski definition) is 4. The van der Waals surface area contributed by atoms with Gasteiger partial charge in [0, 0.05) is 12.6 Å².